The van der Waals surface area contributed by atoms with Crippen molar-refractivity contribution in [3.05, 3.63) is 253 Å². The first-order valence-electron chi connectivity index (χ1n) is 22.6. The number of benzene rings is 11. The van der Waals surface area contributed by atoms with Gasteiger partial charge in [-0.3, -0.25) is 0 Å². The predicted octanol–water partition coefficient (Wildman–Crippen LogP) is 16.7. The zero-order valence-electron chi connectivity index (χ0n) is 35.5. The zero-order valence-corrected chi connectivity index (χ0v) is 35.5. The molecule has 0 aliphatic heterocycles. The van der Waals surface area contributed by atoms with Crippen molar-refractivity contribution in [2.24, 2.45) is 0 Å². The minimum Gasteiger partial charge on any atom is -0.309 e. The summed E-state index contributed by atoms with van der Waals surface area (Å²) in [7, 11) is 0. The molecule has 1 unspecified atom stereocenters. The van der Waals surface area contributed by atoms with Gasteiger partial charge in [0.2, 0.25) is 0 Å². The van der Waals surface area contributed by atoms with E-state index in [2.05, 4.69) is 246 Å². The van der Waals surface area contributed by atoms with E-state index in [1.165, 1.54) is 121 Å². The lowest BCUT2D eigenvalue weighted by atomic mass is 9.88. The molecule has 1 atom stereocenters. The van der Waals surface area contributed by atoms with Gasteiger partial charge in [-0.25, -0.2) is 0 Å². The van der Waals surface area contributed by atoms with Crippen LogP contribution in [0.5, 0.6) is 0 Å². The van der Waals surface area contributed by atoms with Crippen molar-refractivity contribution < 1.29 is 0 Å². The largest absolute Gasteiger partial charge is 0.309 e. The molecule has 2 aromatic heterocycles. The van der Waals surface area contributed by atoms with Crippen molar-refractivity contribution in [1.29, 1.82) is 0 Å². The van der Waals surface area contributed by atoms with Gasteiger partial charge in [0.15, 0.2) is 0 Å². The highest BCUT2D eigenvalue weighted by molar-refractivity contribution is 6.14. The molecule has 14 rings (SSSR count). The number of hydrogen-bond donors (Lipinski definition) is 0. The lowest BCUT2D eigenvalue weighted by Gasteiger charge is -2.16. The number of aromatic nitrogens is 2. The summed E-state index contributed by atoms with van der Waals surface area (Å²) in [5.74, 6) is 0.121. The first-order chi connectivity index (χ1) is 32.2. The van der Waals surface area contributed by atoms with Gasteiger partial charge in [0.05, 0.1) is 27.8 Å². The fourth-order valence-corrected chi connectivity index (χ4v) is 11.2. The van der Waals surface area contributed by atoms with Gasteiger partial charge in [0.25, 0.3) is 0 Å². The van der Waals surface area contributed by atoms with Crippen LogP contribution in [0.4, 0.5) is 0 Å². The van der Waals surface area contributed by atoms with Crippen LogP contribution in [-0.2, 0) is 0 Å². The summed E-state index contributed by atoms with van der Waals surface area (Å²) in [6.45, 7) is 0. The SMILES string of the molecule is c1ccc(-c2cccc(-n3c4ccc(-c5ccc6c(c5)c5ccccc5n6-c5cccc6ccccc56)cc4c4cc5c(cc43)C(c3ccc4ccccc4c3)c3ccccc3-5)c2)cc1. The van der Waals surface area contributed by atoms with Crippen molar-refractivity contribution in [3.8, 4) is 44.8 Å². The first kappa shape index (κ1) is 36.1. The lowest BCUT2D eigenvalue weighted by Crippen LogP contribution is -2.00. The van der Waals surface area contributed by atoms with Gasteiger partial charge in [-0.15, -0.1) is 0 Å². The number of rotatable bonds is 5. The van der Waals surface area contributed by atoms with E-state index in [9.17, 15) is 0 Å². The van der Waals surface area contributed by atoms with Crippen LogP contribution in [0, 0.1) is 0 Å². The number of nitrogens with zero attached hydrogens (tertiary/aromatic N) is 2. The molecule has 0 saturated heterocycles. The van der Waals surface area contributed by atoms with Gasteiger partial charge < -0.3 is 9.13 Å². The van der Waals surface area contributed by atoms with Crippen LogP contribution in [0.3, 0.4) is 0 Å². The van der Waals surface area contributed by atoms with Crippen LogP contribution >= 0.6 is 0 Å². The van der Waals surface area contributed by atoms with Crippen LogP contribution in [0.25, 0.3) is 110 Å². The topological polar surface area (TPSA) is 9.86 Å². The Morgan fingerprint density at radius 1 is 0.277 bits per heavy atom. The summed E-state index contributed by atoms with van der Waals surface area (Å²) in [5, 5.41) is 10.0. The molecule has 2 heterocycles. The van der Waals surface area contributed by atoms with Gasteiger partial charge in [-0.05, 0) is 127 Å². The van der Waals surface area contributed by atoms with Gasteiger partial charge >= 0.3 is 0 Å². The third-order valence-electron chi connectivity index (χ3n) is 14.1. The Bertz CT molecular complexity index is 4070. The molecule has 0 amide bonds. The van der Waals surface area contributed by atoms with Crippen molar-refractivity contribution in [3.63, 3.8) is 0 Å². The standard InChI is InChI=1S/C63H40N2/c1-2-14-40(15-3-1)44-20-12-21-48(35-44)64-60-32-30-46(45-31-33-61-54(36-45)51-24-10-11-26-59(51)65(61)58-27-13-19-42-17-6-7-22-49(42)58)37-55(60)56-38-53-50-23-8-9-25-52(50)63(57(53)39-62(56)64)47-29-28-41-16-4-5-18-43(41)34-47/h1-39,63H. The normalized spacial score (nSPS) is 13.4. The van der Waals surface area contributed by atoms with E-state index in [4.69, 9.17) is 0 Å². The highest BCUT2D eigenvalue weighted by Gasteiger charge is 2.32. The van der Waals surface area contributed by atoms with Gasteiger partial charge in [0, 0.05) is 38.5 Å². The molecule has 0 saturated carbocycles. The minimum atomic E-state index is 0.121. The van der Waals surface area contributed by atoms with Gasteiger partial charge in [-0.1, -0.05) is 176 Å². The third-order valence-corrected chi connectivity index (χ3v) is 14.1. The molecule has 2 heteroatoms. The van der Waals surface area contributed by atoms with Crippen LogP contribution < -0.4 is 0 Å². The summed E-state index contributed by atoms with van der Waals surface area (Å²) in [6.07, 6.45) is 0. The molecule has 0 radical (unpaired) electrons. The maximum atomic E-state index is 2.51. The Morgan fingerprint density at radius 3 is 1.75 bits per heavy atom. The fourth-order valence-electron chi connectivity index (χ4n) is 11.2. The maximum Gasteiger partial charge on any atom is 0.0544 e. The third kappa shape index (κ3) is 5.47. The molecule has 0 bridgehead atoms. The molecule has 11 aromatic carbocycles. The number of fused-ring (bicyclic) bond motifs is 11. The van der Waals surface area contributed by atoms with Crippen molar-refractivity contribution in [2.45, 2.75) is 5.92 Å². The highest BCUT2D eigenvalue weighted by atomic mass is 15.0. The molecule has 0 fully saturated rings. The molecular formula is C63H40N2. The Morgan fingerprint density at radius 2 is 0.892 bits per heavy atom. The quantitative estimate of drug-likeness (QED) is 0.164. The average molecular weight is 825 g/mol. The second kappa shape index (κ2) is 14.0. The summed E-state index contributed by atoms with van der Waals surface area (Å²) in [6, 6.07) is 87.9. The maximum absolute atomic E-state index is 2.51. The molecule has 302 valence electrons. The monoisotopic (exact) mass is 824 g/mol. The molecule has 2 nitrogen and oxygen atoms in total. The highest BCUT2D eigenvalue weighted by Crippen LogP contribution is 2.51. The van der Waals surface area contributed by atoms with E-state index >= 15 is 0 Å². The summed E-state index contributed by atoms with van der Waals surface area (Å²) in [4.78, 5) is 0. The molecule has 13 aromatic rings. The second-order valence-electron chi connectivity index (χ2n) is 17.6. The predicted molar refractivity (Wildman–Crippen MR) is 274 cm³/mol. The van der Waals surface area contributed by atoms with Crippen LogP contribution in [0.1, 0.15) is 22.6 Å². The molecule has 0 N–H and O–H groups in total. The van der Waals surface area contributed by atoms with Crippen molar-refractivity contribution >= 4 is 65.2 Å². The average Bonchev–Trinajstić information content (AvgIpc) is 4.00. The van der Waals surface area contributed by atoms with Crippen LogP contribution in [0.2, 0.25) is 0 Å². The second-order valence-corrected chi connectivity index (χ2v) is 17.6. The van der Waals surface area contributed by atoms with E-state index in [1.54, 1.807) is 0 Å². The molecule has 65 heavy (non-hydrogen) atoms. The number of hydrogen-bond acceptors (Lipinski definition) is 0. The van der Waals surface area contributed by atoms with Crippen LogP contribution in [-0.4, -0.2) is 9.13 Å². The van der Waals surface area contributed by atoms with Crippen LogP contribution in [0.15, 0.2) is 237 Å². The Balaban J connectivity index is 0.999. The Hall–Kier alpha value is -8.46. The Kier molecular flexibility index (Phi) is 7.78. The zero-order chi connectivity index (χ0) is 42.6. The minimum absolute atomic E-state index is 0.121. The van der Waals surface area contributed by atoms with Crippen molar-refractivity contribution in [2.75, 3.05) is 0 Å². The summed E-state index contributed by atoms with van der Waals surface area (Å²) >= 11 is 0. The number of para-hydroxylation sites is 1. The lowest BCUT2D eigenvalue weighted by molar-refractivity contribution is 1.02. The molecular weight excluding hydrogens is 785 g/mol. The van der Waals surface area contributed by atoms with E-state index < -0.39 is 0 Å². The van der Waals surface area contributed by atoms with Gasteiger partial charge in [0.1, 0.15) is 0 Å². The van der Waals surface area contributed by atoms with E-state index in [1.807, 2.05) is 0 Å². The van der Waals surface area contributed by atoms with E-state index in [0.29, 0.717) is 0 Å². The first-order valence-corrected chi connectivity index (χ1v) is 22.6. The molecule has 0 spiro atoms. The molecule has 1 aliphatic carbocycles. The molecule has 1 aliphatic rings. The van der Waals surface area contributed by atoms with Gasteiger partial charge in [-0.2, -0.15) is 0 Å². The summed E-state index contributed by atoms with van der Waals surface area (Å²) < 4.78 is 4.95. The Labute approximate surface area is 376 Å². The van der Waals surface area contributed by atoms with E-state index in [0.717, 1.165) is 5.69 Å². The smallest absolute Gasteiger partial charge is 0.0544 e. The van der Waals surface area contributed by atoms with E-state index in [-0.39, 0.29) is 5.92 Å². The summed E-state index contributed by atoms with van der Waals surface area (Å²) in [5.41, 5.74) is 18.7. The van der Waals surface area contributed by atoms with Crippen molar-refractivity contribution in [1.82, 2.24) is 9.13 Å². The fraction of sp³-hybridized carbons (Fsp3) is 0.0159.